The molecule has 0 bridgehead atoms. The zero-order chi connectivity index (χ0) is 21.3. The van der Waals surface area contributed by atoms with E-state index in [1.807, 2.05) is 47.8 Å². The van der Waals surface area contributed by atoms with E-state index in [2.05, 4.69) is 20.8 Å². The van der Waals surface area contributed by atoms with Crippen LogP contribution in [-0.2, 0) is 23.2 Å². The lowest BCUT2D eigenvalue weighted by Gasteiger charge is -2.15. The fourth-order valence-corrected chi connectivity index (χ4v) is 4.45. The molecule has 0 aliphatic rings. The zero-order valence-corrected chi connectivity index (χ0v) is 19.2. The summed E-state index contributed by atoms with van der Waals surface area (Å²) in [5.74, 6) is -0.139. The summed E-state index contributed by atoms with van der Waals surface area (Å²) >= 11 is 1.54. The molecule has 0 aliphatic carbocycles. The Morgan fingerprint density at radius 1 is 1.16 bits per heavy atom. The highest BCUT2D eigenvalue weighted by molar-refractivity contribution is 7.13. The van der Waals surface area contributed by atoms with E-state index in [0.717, 1.165) is 44.1 Å². The van der Waals surface area contributed by atoms with E-state index in [9.17, 15) is 9.90 Å². The molecule has 0 unspecified atom stereocenters. The number of benzene rings is 2. The lowest BCUT2D eigenvalue weighted by molar-refractivity contribution is -0.136. The van der Waals surface area contributed by atoms with E-state index < -0.39 is 5.97 Å². The van der Waals surface area contributed by atoms with Gasteiger partial charge in [-0.3, -0.25) is 4.79 Å². The van der Waals surface area contributed by atoms with Gasteiger partial charge in [-0.25, -0.2) is 4.98 Å². The molecule has 0 fully saturated rings. The summed E-state index contributed by atoms with van der Waals surface area (Å²) in [5, 5.41) is 13.2. The Balaban J connectivity index is 0.00000272. The number of nitrogens with zero attached hydrogens (tertiary/aromatic N) is 1. The first kappa shape index (κ1) is 22.8. The van der Waals surface area contributed by atoms with Crippen molar-refractivity contribution < 1.29 is 19.1 Å². The smallest absolute Gasteiger partial charge is 0.307 e. The van der Waals surface area contributed by atoms with Gasteiger partial charge < -0.3 is 14.3 Å². The summed E-state index contributed by atoms with van der Waals surface area (Å²) in [7, 11) is 0. The van der Waals surface area contributed by atoms with Crippen LogP contribution in [0.1, 0.15) is 37.6 Å². The van der Waals surface area contributed by atoms with Gasteiger partial charge in [0.25, 0.3) is 0 Å². The van der Waals surface area contributed by atoms with Gasteiger partial charge in [0.1, 0.15) is 22.9 Å². The number of carboxylic acid groups (broad SMARTS) is 1. The second kappa shape index (κ2) is 9.12. The van der Waals surface area contributed by atoms with Crippen molar-refractivity contribution in [2.75, 3.05) is 0 Å². The molecule has 0 spiro atoms. The van der Waals surface area contributed by atoms with Gasteiger partial charge in [-0.05, 0) is 35.4 Å². The molecule has 5 nitrogen and oxygen atoms in total. The first-order valence-corrected chi connectivity index (χ1v) is 10.6. The number of hydrogen-bond donors (Lipinski definition) is 1. The largest absolute Gasteiger partial charge is 0.489 e. The molecule has 0 radical (unpaired) electrons. The number of furan rings is 1. The molecule has 31 heavy (non-hydrogen) atoms. The molecule has 2 heterocycles. The zero-order valence-electron chi connectivity index (χ0n) is 17.5. The van der Waals surface area contributed by atoms with Crippen LogP contribution in [0.25, 0.3) is 21.5 Å². The number of thiazole rings is 1. The fraction of sp³-hybridized carbons (Fsp3) is 0.250. The minimum absolute atomic E-state index is 0. The molecule has 1 N–H and O–H groups in total. The van der Waals surface area contributed by atoms with Gasteiger partial charge in [-0.15, -0.1) is 23.7 Å². The molecular formula is C24H24ClNO4S. The van der Waals surface area contributed by atoms with Crippen molar-refractivity contribution in [3.05, 3.63) is 70.9 Å². The monoisotopic (exact) mass is 457 g/mol. The summed E-state index contributed by atoms with van der Waals surface area (Å²) in [4.78, 5) is 16.3. The molecule has 4 rings (SSSR count). The van der Waals surface area contributed by atoms with Crippen molar-refractivity contribution in [1.82, 2.24) is 4.98 Å². The lowest BCUT2D eigenvalue weighted by Crippen LogP contribution is -2.11. The minimum atomic E-state index is -0.868. The van der Waals surface area contributed by atoms with E-state index in [0.29, 0.717) is 6.61 Å². The standard InChI is InChI=1S/C24H23NO4S.ClH/c1-24(2,3)20-14-30-23(25-20)22-16(12-21(26)27)5-4-6-17(22)13-29-18-7-8-19-15(11-18)9-10-28-19;/h4-11,14H,12-13H2,1-3H3,(H,26,27);1H. The van der Waals surface area contributed by atoms with E-state index >= 15 is 0 Å². The van der Waals surface area contributed by atoms with Crippen molar-refractivity contribution in [2.24, 2.45) is 0 Å². The first-order chi connectivity index (χ1) is 14.3. The van der Waals surface area contributed by atoms with Crippen molar-refractivity contribution in [1.29, 1.82) is 0 Å². The van der Waals surface area contributed by atoms with Gasteiger partial charge in [0.2, 0.25) is 0 Å². The van der Waals surface area contributed by atoms with Crippen LogP contribution in [0.4, 0.5) is 0 Å². The molecule has 7 heteroatoms. The van der Waals surface area contributed by atoms with Gasteiger partial charge in [-0.2, -0.15) is 0 Å². The molecule has 162 valence electrons. The summed E-state index contributed by atoms with van der Waals surface area (Å²) in [6, 6.07) is 13.3. The van der Waals surface area contributed by atoms with Crippen molar-refractivity contribution >= 4 is 40.7 Å². The number of hydrogen-bond acceptors (Lipinski definition) is 5. The Bertz CT molecular complexity index is 1210. The number of fused-ring (bicyclic) bond motifs is 1. The molecule has 0 atom stereocenters. The maximum atomic E-state index is 11.4. The van der Waals surface area contributed by atoms with Crippen molar-refractivity contribution in [2.45, 2.75) is 39.2 Å². The number of aromatic nitrogens is 1. The SMILES string of the molecule is CC(C)(C)c1csc(-c2c(COc3ccc4occc4c3)cccc2CC(=O)O)n1.Cl. The minimum Gasteiger partial charge on any atom is -0.489 e. The average molecular weight is 458 g/mol. The van der Waals surface area contributed by atoms with Crippen LogP contribution in [0.5, 0.6) is 5.75 Å². The molecule has 2 aromatic carbocycles. The first-order valence-electron chi connectivity index (χ1n) is 9.70. The molecule has 2 aromatic heterocycles. The van der Waals surface area contributed by atoms with Crippen LogP contribution in [-0.4, -0.2) is 16.1 Å². The van der Waals surface area contributed by atoms with Crippen LogP contribution >= 0.6 is 23.7 Å². The Kier molecular flexibility index (Phi) is 6.72. The Hall–Kier alpha value is -2.83. The van der Waals surface area contributed by atoms with E-state index in [1.54, 1.807) is 6.26 Å². The normalized spacial score (nSPS) is 11.3. The highest BCUT2D eigenvalue weighted by atomic mass is 35.5. The van der Waals surface area contributed by atoms with Crippen LogP contribution in [0.15, 0.2) is 58.5 Å². The quantitative estimate of drug-likeness (QED) is 0.358. The van der Waals surface area contributed by atoms with Gasteiger partial charge in [-0.1, -0.05) is 39.0 Å². The number of aliphatic carboxylic acids is 1. The third-order valence-corrected chi connectivity index (χ3v) is 5.74. The highest BCUT2D eigenvalue weighted by Crippen LogP contribution is 2.35. The van der Waals surface area contributed by atoms with Crippen LogP contribution in [0.3, 0.4) is 0 Å². The van der Waals surface area contributed by atoms with Crippen molar-refractivity contribution in [3.63, 3.8) is 0 Å². The Labute approximate surface area is 191 Å². The third kappa shape index (κ3) is 5.09. The fourth-order valence-electron chi connectivity index (χ4n) is 3.29. The summed E-state index contributed by atoms with van der Waals surface area (Å²) in [6.45, 7) is 6.66. The predicted molar refractivity (Wildman–Crippen MR) is 125 cm³/mol. The van der Waals surface area contributed by atoms with Gasteiger partial charge in [0, 0.05) is 21.7 Å². The summed E-state index contributed by atoms with van der Waals surface area (Å²) in [5.41, 5.74) is 4.23. The molecule has 0 saturated carbocycles. The molecule has 4 aromatic rings. The number of carbonyl (C=O) groups is 1. The Morgan fingerprint density at radius 2 is 1.94 bits per heavy atom. The number of carboxylic acids is 1. The third-order valence-electron chi connectivity index (χ3n) is 4.88. The van der Waals surface area contributed by atoms with Gasteiger partial charge in [0.15, 0.2) is 0 Å². The lowest BCUT2D eigenvalue weighted by atomic mass is 9.93. The molecular weight excluding hydrogens is 434 g/mol. The summed E-state index contributed by atoms with van der Waals surface area (Å²) in [6.07, 6.45) is 1.59. The van der Waals surface area contributed by atoms with E-state index in [4.69, 9.17) is 14.1 Å². The van der Waals surface area contributed by atoms with E-state index in [-0.39, 0.29) is 24.2 Å². The Morgan fingerprint density at radius 3 is 2.65 bits per heavy atom. The van der Waals surface area contributed by atoms with Crippen LogP contribution in [0.2, 0.25) is 0 Å². The predicted octanol–water partition coefficient (Wildman–Crippen LogP) is 6.48. The topological polar surface area (TPSA) is 72.6 Å². The maximum absolute atomic E-state index is 11.4. The number of halogens is 1. The molecule has 0 saturated heterocycles. The van der Waals surface area contributed by atoms with Gasteiger partial charge in [0.05, 0.1) is 18.4 Å². The molecule has 0 aliphatic heterocycles. The van der Waals surface area contributed by atoms with Crippen LogP contribution < -0.4 is 4.74 Å². The van der Waals surface area contributed by atoms with Crippen LogP contribution in [0, 0.1) is 0 Å². The van der Waals surface area contributed by atoms with E-state index in [1.165, 1.54) is 11.3 Å². The maximum Gasteiger partial charge on any atom is 0.307 e. The van der Waals surface area contributed by atoms with Gasteiger partial charge >= 0.3 is 5.97 Å². The summed E-state index contributed by atoms with van der Waals surface area (Å²) < 4.78 is 11.4. The highest BCUT2D eigenvalue weighted by Gasteiger charge is 2.21. The second-order valence-electron chi connectivity index (χ2n) is 8.22. The van der Waals surface area contributed by atoms with Crippen molar-refractivity contribution in [3.8, 4) is 16.3 Å². The molecule has 0 amide bonds. The second-order valence-corrected chi connectivity index (χ2v) is 9.08. The average Bonchev–Trinajstić information content (AvgIpc) is 3.34. The number of rotatable bonds is 6. The number of ether oxygens (including phenoxy) is 1.